The normalized spacial score (nSPS) is 9.95. The van der Waals surface area contributed by atoms with Crippen LogP contribution in [0, 0.1) is 23.0 Å². The minimum absolute atomic E-state index is 0.114. The van der Waals surface area contributed by atoms with Gasteiger partial charge in [0.05, 0.1) is 19.0 Å². The van der Waals surface area contributed by atoms with Gasteiger partial charge in [-0.25, -0.2) is 8.78 Å². The van der Waals surface area contributed by atoms with Gasteiger partial charge in [-0.15, -0.1) is 0 Å². The number of benzene rings is 1. The SMILES string of the molecule is N#CCCNC(=O)CNCCc1cc(F)cc(F)c1. The molecule has 0 aliphatic rings. The first kappa shape index (κ1) is 15.1. The van der Waals surface area contributed by atoms with Crippen molar-refractivity contribution in [3.8, 4) is 6.07 Å². The van der Waals surface area contributed by atoms with E-state index < -0.39 is 11.6 Å². The van der Waals surface area contributed by atoms with Crippen molar-refractivity contribution in [2.75, 3.05) is 19.6 Å². The van der Waals surface area contributed by atoms with Crippen molar-refractivity contribution in [1.82, 2.24) is 10.6 Å². The summed E-state index contributed by atoms with van der Waals surface area (Å²) in [6.07, 6.45) is 0.703. The van der Waals surface area contributed by atoms with E-state index in [4.69, 9.17) is 5.26 Å². The third-order valence-electron chi connectivity index (χ3n) is 2.36. The minimum Gasteiger partial charge on any atom is -0.354 e. The van der Waals surface area contributed by atoms with E-state index in [1.165, 1.54) is 12.1 Å². The van der Waals surface area contributed by atoms with Gasteiger partial charge in [0.1, 0.15) is 11.6 Å². The highest BCUT2D eigenvalue weighted by Gasteiger charge is 2.02. The summed E-state index contributed by atoms with van der Waals surface area (Å²) in [4.78, 5) is 11.2. The molecule has 0 aromatic heterocycles. The van der Waals surface area contributed by atoms with Gasteiger partial charge in [0.15, 0.2) is 0 Å². The van der Waals surface area contributed by atoms with Crippen LogP contribution in [0.5, 0.6) is 0 Å². The van der Waals surface area contributed by atoms with Crippen LogP contribution in [0.1, 0.15) is 12.0 Å². The average molecular weight is 267 g/mol. The van der Waals surface area contributed by atoms with Crippen LogP contribution >= 0.6 is 0 Å². The molecule has 0 spiro atoms. The van der Waals surface area contributed by atoms with Gasteiger partial charge in [0.25, 0.3) is 0 Å². The second-order valence-corrected chi connectivity index (χ2v) is 3.96. The van der Waals surface area contributed by atoms with Crippen molar-refractivity contribution in [2.24, 2.45) is 0 Å². The highest BCUT2D eigenvalue weighted by molar-refractivity contribution is 5.77. The van der Waals surface area contributed by atoms with E-state index in [9.17, 15) is 13.6 Å². The summed E-state index contributed by atoms with van der Waals surface area (Å²) in [6.45, 7) is 0.879. The molecule has 1 amide bonds. The Morgan fingerprint density at radius 1 is 1.21 bits per heavy atom. The Hall–Kier alpha value is -2.00. The molecule has 2 N–H and O–H groups in total. The smallest absolute Gasteiger partial charge is 0.233 e. The van der Waals surface area contributed by atoms with Gasteiger partial charge in [0, 0.05) is 12.6 Å². The molecule has 102 valence electrons. The molecule has 0 bridgehead atoms. The summed E-state index contributed by atoms with van der Waals surface area (Å²) in [5.41, 5.74) is 0.537. The third-order valence-corrected chi connectivity index (χ3v) is 2.36. The number of nitrogens with one attached hydrogen (secondary N) is 2. The number of amides is 1. The predicted octanol–water partition coefficient (Wildman–Crippen LogP) is 1.13. The number of carbonyl (C=O) groups excluding carboxylic acids is 1. The Labute approximate surface area is 110 Å². The Morgan fingerprint density at radius 2 is 1.89 bits per heavy atom. The van der Waals surface area contributed by atoms with Gasteiger partial charge in [0.2, 0.25) is 5.91 Å². The molecule has 0 radical (unpaired) electrons. The Bertz CT molecular complexity index is 451. The zero-order valence-electron chi connectivity index (χ0n) is 10.4. The maximum absolute atomic E-state index is 12.9. The summed E-state index contributed by atoms with van der Waals surface area (Å²) >= 11 is 0. The van der Waals surface area contributed by atoms with Gasteiger partial charge < -0.3 is 10.6 Å². The molecule has 6 heteroatoms. The van der Waals surface area contributed by atoms with E-state index in [0.29, 0.717) is 25.1 Å². The van der Waals surface area contributed by atoms with Crippen LogP contribution in [0.2, 0.25) is 0 Å². The van der Waals surface area contributed by atoms with Crippen molar-refractivity contribution in [3.63, 3.8) is 0 Å². The molecule has 0 saturated carbocycles. The van der Waals surface area contributed by atoms with E-state index in [2.05, 4.69) is 10.6 Å². The lowest BCUT2D eigenvalue weighted by atomic mass is 10.1. The third kappa shape index (κ3) is 6.48. The molecular weight excluding hydrogens is 252 g/mol. The second kappa shape index (κ2) is 8.16. The van der Waals surface area contributed by atoms with Gasteiger partial charge >= 0.3 is 0 Å². The van der Waals surface area contributed by atoms with E-state index in [-0.39, 0.29) is 18.9 Å². The lowest BCUT2D eigenvalue weighted by Crippen LogP contribution is -2.35. The molecule has 0 heterocycles. The lowest BCUT2D eigenvalue weighted by molar-refractivity contribution is -0.120. The summed E-state index contributed by atoms with van der Waals surface area (Å²) in [5, 5.41) is 13.7. The molecule has 19 heavy (non-hydrogen) atoms. The average Bonchev–Trinajstić information content (AvgIpc) is 2.34. The molecule has 0 aliphatic carbocycles. The van der Waals surface area contributed by atoms with Crippen molar-refractivity contribution in [1.29, 1.82) is 5.26 Å². The largest absolute Gasteiger partial charge is 0.354 e. The molecule has 0 atom stereocenters. The molecule has 1 aromatic rings. The van der Waals surface area contributed by atoms with Gasteiger partial charge in [-0.1, -0.05) is 0 Å². The van der Waals surface area contributed by atoms with Gasteiger partial charge in [-0.2, -0.15) is 5.26 Å². The number of hydrogen-bond acceptors (Lipinski definition) is 3. The molecule has 0 fully saturated rings. The molecule has 1 rings (SSSR count). The number of hydrogen-bond donors (Lipinski definition) is 2. The first-order chi connectivity index (χ1) is 9.11. The van der Waals surface area contributed by atoms with Crippen LogP contribution < -0.4 is 10.6 Å². The van der Waals surface area contributed by atoms with E-state index in [1.54, 1.807) is 0 Å². The van der Waals surface area contributed by atoms with E-state index in [0.717, 1.165) is 6.07 Å². The first-order valence-electron chi connectivity index (χ1n) is 5.91. The minimum atomic E-state index is -0.607. The molecule has 0 saturated heterocycles. The molecule has 1 aromatic carbocycles. The monoisotopic (exact) mass is 267 g/mol. The molecule has 0 unspecified atom stereocenters. The Balaban J connectivity index is 2.20. The van der Waals surface area contributed by atoms with Crippen molar-refractivity contribution in [2.45, 2.75) is 12.8 Å². The maximum Gasteiger partial charge on any atom is 0.233 e. The Morgan fingerprint density at radius 3 is 2.53 bits per heavy atom. The highest BCUT2D eigenvalue weighted by Crippen LogP contribution is 2.07. The fraction of sp³-hybridized carbons (Fsp3) is 0.385. The topological polar surface area (TPSA) is 64.9 Å². The number of nitrogens with zero attached hydrogens (tertiary/aromatic N) is 1. The standard InChI is InChI=1S/C13H15F2N3O/c14-11-6-10(7-12(15)8-11)2-5-17-9-13(19)18-4-1-3-16/h6-8,17H,1-2,4-5,9H2,(H,18,19). The number of halogens is 2. The summed E-state index contributed by atoms with van der Waals surface area (Å²) < 4.78 is 25.8. The highest BCUT2D eigenvalue weighted by atomic mass is 19.1. The molecule has 0 aliphatic heterocycles. The predicted molar refractivity (Wildman–Crippen MR) is 66.2 cm³/mol. The summed E-state index contributed by atoms with van der Waals surface area (Å²) in [5.74, 6) is -1.42. The van der Waals surface area contributed by atoms with Crippen molar-refractivity contribution >= 4 is 5.91 Å². The first-order valence-corrected chi connectivity index (χ1v) is 5.91. The zero-order valence-corrected chi connectivity index (χ0v) is 10.4. The lowest BCUT2D eigenvalue weighted by Gasteiger charge is -2.06. The van der Waals surface area contributed by atoms with Gasteiger partial charge in [-0.05, 0) is 30.7 Å². The van der Waals surface area contributed by atoms with Gasteiger partial charge in [-0.3, -0.25) is 4.79 Å². The molecular formula is C13H15F2N3O. The van der Waals surface area contributed by atoms with Crippen LogP contribution in [-0.4, -0.2) is 25.5 Å². The quantitative estimate of drug-likeness (QED) is 0.728. The second-order valence-electron chi connectivity index (χ2n) is 3.96. The number of rotatable bonds is 7. The van der Waals surface area contributed by atoms with Crippen LogP contribution in [0.3, 0.4) is 0 Å². The summed E-state index contributed by atoms with van der Waals surface area (Å²) in [6, 6.07) is 5.26. The van der Waals surface area contributed by atoms with E-state index >= 15 is 0 Å². The zero-order chi connectivity index (χ0) is 14.1. The van der Waals surface area contributed by atoms with Crippen molar-refractivity contribution < 1.29 is 13.6 Å². The van der Waals surface area contributed by atoms with Crippen LogP contribution in [0.15, 0.2) is 18.2 Å². The summed E-state index contributed by atoms with van der Waals surface area (Å²) in [7, 11) is 0. The number of carbonyl (C=O) groups is 1. The molecule has 4 nitrogen and oxygen atoms in total. The van der Waals surface area contributed by atoms with Crippen LogP contribution in [-0.2, 0) is 11.2 Å². The fourth-order valence-electron chi connectivity index (χ4n) is 1.51. The fourth-order valence-corrected chi connectivity index (χ4v) is 1.51. The number of nitriles is 1. The van der Waals surface area contributed by atoms with Crippen LogP contribution in [0.4, 0.5) is 8.78 Å². The van der Waals surface area contributed by atoms with Crippen LogP contribution in [0.25, 0.3) is 0 Å². The maximum atomic E-state index is 12.9. The Kier molecular flexibility index (Phi) is 6.47. The van der Waals surface area contributed by atoms with Crippen molar-refractivity contribution in [3.05, 3.63) is 35.4 Å². The van der Waals surface area contributed by atoms with E-state index in [1.807, 2.05) is 6.07 Å².